The first-order chi connectivity index (χ1) is 15.5. The maximum atomic E-state index is 13.2. The van der Waals surface area contributed by atoms with Crippen molar-refractivity contribution >= 4 is 39.4 Å². The van der Waals surface area contributed by atoms with E-state index in [4.69, 9.17) is 4.74 Å². The molecule has 0 aliphatic rings. The summed E-state index contributed by atoms with van der Waals surface area (Å²) >= 11 is 1.18. The maximum Gasteiger partial charge on any atom is 0.311 e. The summed E-state index contributed by atoms with van der Waals surface area (Å²) in [4.78, 5) is 46.4. The largest absolute Gasteiger partial charge is 0.466 e. The molecule has 4 aromatic rings. The van der Waals surface area contributed by atoms with Crippen LogP contribution < -0.4 is 10.9 Å². The van der Waals surface area contributed by atoms with E-state index in [2.05, 4.69) is 15.3 Å². The van der Waals surface area contributed by atoms with Crippen molar-refractivity contribution in [3.63, 3.8) is 0 Å². The normalized spacial score (nSPS) is 10.8. The van der Waals surface area contributed by atoms with Crippen LogP contribution >= 0.6 is 11.3 Å². The van der Waals surface area contributed by atoms with E-state index in [0.29, 0.717) is 28.5 Å². The highest BCUT2D eigenvalue weighted by molar-refractivity contribution is 7.14. The molecule has 0 aliphatic heterocycles. The minimum atomic E-state index is -0.570. The van der Waals surface area contributed by atoms with Gasteiger partial charge in [0.25, 0.3) is 11.5 Å². The minimum Gasteiger partial charge on any atom is -0.466 e. The van der Waals surface area contributed by atoms with Gasteiger partial charge in [0.05, 0.1) is 25.3 Å². The van der Waals surface area contributed by atoms with Gasteiger partial charge in [-0.2, -0.15) is 0 Å². The van der Waals surface area contributed by atoms with Crippen LogP contribution in [0.15, 0.2) is 64.9 Å². The van der Waals surface area contributed by atoms with E-state index in [1.165, 1.54) is 22.0 Å². The number of ether oxygens (including phenoxy) is 1. The summed E-state index contributed by atoms with van der Waals surface area (Å²) in [5.41, 5.74) is 1.46. The number of carbonyl (C=O) groups is 2. The highest BCUT2D eigenvalue weighted by Gasteiger charge is 2.18. The number of pyridine rings is 2. The third-order valence-electron chi connectivity index (χ3n) is 4.68. The molecule has 0 radical (unpaired) electrons. The Bertz CT molecular complexity index is 1330. The molecular formula is C23H20N4O4S. The molecule has 0 saturated carbocycles. The third kappa shape index (κ3) is 4.73. The summed E-state index contributed by atoms with van der Waals surface area (Å²) in [6, 6.07) is 14.6. The Balaban J connectivity index is 1.63. The number of benzene rings is 1. The molecule has 162 valence electrons. The van der Waals surface area contributed by atoms with Crippen molar-refractivity contribution in [1.29, 1.82) is 0 Å². The molecule has 0 atom stereocenters. The van der Waals surface area contributed by atoms with Gasteiger partial charge in [0.2, 0.25) is 0 Å². The number of hydrogen-bond acceptors (Lipinski definition) is 7. The number of aromatic nitrogens is 3. The molecule has 32 heavy (non-hydrogen) atoms. The summed E-state index contributed by atoms with van der Waals surface area (Å²) in [6.45, 7) is 2.31. The zero-order valence-electron chi connectivity index (χ0n) is 17.3. The van der Waals surface area contributed by atoms with E-state index in [-0.39, 0.29) is 24.5 Å². The lowest BCUT2D eigenvalue weighted by atomic mass is 10.1. The molecule has 3 heterocycles. The summed E-state index contributed by atoms with van der Waals surface area (Å²) in [5.74, 6) is -0.957. The number of anilines is 1. The Morgan fingerprint density at radius 3 is 2.75 bits per heavy atom. The van der Waals surface area contributed by atoms with Crippen LogP contribution in [0.2, 0.25) is 0 Å². The number of nitrogens with zero attached hydrogens (tertiary/aromatic N) is 3. The third-order valence-corrected chi connectivity index (χ3v) is 5.49. The number of fused-ring (bicyclic) bond motifs is 1. The van der Waals surface area contributed by atoms with Gasteiger partial charge in [0, 0.05) is 17.0 Å². The van der Waals surface area contributed by atoms with Crippen LogP contribution in [0, 0.1) is 0 Å². The van der Waals surface area contributed by atoms with Crippen molar-refractivity contribution in [3.8, 4) is 0 Å². The van der Waals surface area contributed by atoms with Crippen molar-refractivity contribution in [1.82, 2.24) is 14.5 Å². The Morgan fingerprint density at radius 1 is 1.16 bits per heavy atom. The summed E-state index contributed by atoms with van der Waals surface area (Å²) < 4.78 is 6.41. The minimum absolute atomic E-state index is 0.0106. The van der Waals surface area contributed by atoms with Gasteiger partial charge in [0.1, 0.15) is 11.2 Å². The van der Waals surface area contributed by atoms with Gasteiger partial charge in [-0.3, -0.25) is 24.3 Å². The van der Waals surface area contributed by atoms with Crippen LogP contribution in [0.1, 0.15) is 28.5 Å². The quantitative estimate of drug-likeness (QED) is 0.435. The second-order valence-corrected chi connectivity index (χ2v) is 7.79. The molecular weight excluding hydrogens is 428 g/mol. The Morgan fingerprint density at radius 2 is 1.97 bits per heavy atom. The average molecular weight is 449 g/mol. The zero-order chi connectivity index (χ0) is 22.5. The van der Waals surface area contributed by atoms with E-state index in [1.54, 1.807) is 30.6 Å². The molecule has 0 spiro atoms. The molecule has 1 aromatic carbocycles. The van der Waals surface area contributed by atoms with Crippen molar-refractivity contribution in [3.05, 3.63) is 87.3 Å². The average Bonchev–Trinajstić information content (AvgIpc) is 3.22. The summed E-state index contributed by atoms with van der Waals surface area (Å²) in [5, 5.41) is 5.31. The molecule has 0 saturated heterocycles. The SMILES string of the molecule is CCOC(=O)Cc1csc(NC(=O)c2cc3cccnc3n(Cc3ccccc3)c2=O)n1. The van der Waals surface area contributed by atoms with E-state index in [1.807, 2.05) is 30.3 Å². The molecule has 8 nitrogen and oxygen atoms in total. The lowest BCUT2D eigenvalue weighted by molar-refractivity contribution is -0.142. The van der Waals surface area contributed by atoms with Gasteiger partial charge in [-0.25, -0.2) is 9.97 Å². The smallest absolute Gasteiger partial charge is 0.311 e. The van der Waals surface area contributed by atoms with Gasteiger partial charge in [-0.15, -0.1) is 11.3 Å². The van der Waals surface area contributed by atoms with E-state index >= 15 is 0 Å². The second kappa shape index (κ2) is 9.52. The predicted octanol–water partition coefficient (Wildman–Crippen LogP) is 3.26. The lowest BCUT2D eigenvalue weighted by Gasteiger charge is -2.12. The summed E-state index contributed by atoms with van der Waals surface area (Å²) in [6.07, 6.45) is 1.63. The highest BCUT2D eigenvalue weighted by atomic mass is 32.1. The van der Waals surface area contributed by atoms with Crippen LogP contribution in [0.4, 0.5) is 5.13 Å². The summed E-state index contributed by atoms with van der Waals surface area (Å²) in [7, 11) is 0. The number of thiazole rings is 1. The molecule has 0 bridgehead atoms. The van der Waals surface area contributed by atoms with Crippen molar-refractivity contribution < 1.29 is 14.3 Å². The molecule has 0 aliphatic carbocycles. The number of amides is 1. The highest BCUT2D eigenvalue weighted by Crippen LogP contribution is 2.18. The molecule has 4 rings (SSSR count). The Labute approximate surface area is 187 Å². The fraction of sp³-hybridized carbons (Fsp3) is 0.174. The van der Waals surface area contributed by atoms with Crippen LogP contribution in [0.25, 0.3) is 11.0 Å². The van der Waals surface area contributed by atoms with Crippen molar-refractivity contribution in [2.24, 2.45) is 0 Å². The van der Waals surface area contributed by atoms with E-state index in [9.17, 15) is 14.4 Å². The number of carbonyl (C=O) groups excluding carboxylic acids is 2. The van der Waals surface area contributed by atoms with Crippen molar-refractivity contribution in [2.45, 2.75) is 19.9 Å². The first-order valence-electron chi connectivity index (χ1n) is 9.99. The van der Waals surface area contributed by atoms with Crippen LogP contribution in [-0.4, -0.2) is 33.0 Å². The molecule has 9 heteroatoms. The molecule has 1 amide bonds. The monoisotopic (exact) mass is 448 g/mol. The molecule has 0 unspecified atom stereocenters. The van der Waals surface area contributed by atoms with Gasteiger partial charge in [0.15, 0.2) is 5.13 Å². The van der Waals surface area contributed by atoms with Gasteiger partial charge < -0.3 is 4.74 Å². The van der Waals surface area contributed by atoms with Crippen LogP contribution in [-0.2, 0) is 22.5 Å². The first kappa shape index (κ1) is 21.4. The Hall–Kier alpha value is -3.85. The van der Waals surface area contributed by atoms with Gasteiger partial charge in [-0.05, 0) is 30.7 Å². The number of esters is 1. The predicted molar refractivity (Wildman–Crippen MR) is 122 cm³/mol. The molecule has 3 aromatic heterocycles. The topological polar surface area (TPSA) is 103 Å². The van der Waals surface area contributed by atoms with Crippen molar-refractivity contribution in [2.75, 3.05) is 11.9 Å². The van der Waals surface area contributed by atoms with E-state index in [0.717, 1.165) is 5.56 Å². The first-order valence-corrected chi connectivity index (χ1v) is 10.9. The van der Waals surface area contributed by atoms with Gasteiger partial charge in [-0.1, -0.05) is 30.3 Å². The van der Waals surface area contributed by atoms with E-state index < -0.39 is 11.5 Å². The van der Waals surface area contributed by atoms with Gasteiger partial charge >= 0.3 is 5.97 Å². The van der Waals surface area contributed by atoms with Crippen LogP contribution in [0.5, 0.6) is 0 Å². The standard InChI is InChI=1S/C23H20N4O4S/c1-2-31-19(28)12-17-14-32-23(25-17)26-21(29)18-11-16-9-6-10-24-20(16)27(22(18)30)13-15-7-4-3-5-8-15/h3-11,14H,2,12-13H2,1H3,(H,25,26,29). The Kier molecular flexibility index (Phi) is 6.37. The number of nitrogens with one attached hydrogen (secondary N) is 1. The number of hydrogen-bond donors (Lipinski definition) is 1. The van der Waals surface area contributed by atoms with Crippen LogP contribution in [0.3, 0.4) is 0 Å². The molecule has 0 fully saturated rings. The lowest BCUT2D eigenvalue weighted by Crippen LogP contribution is -2.30. The molecule has 1 N–H and O–H groups in total. The fourth-order valence-corrected chi connectivity index (χ4v) is 3.96. The maximum absolute atomic E-state index is 13.2. The fourth-order valence-electron chi connectivity index (χ4n) is 3.25. The zero-order valence-corrected chi connectivity index (χ0v) is 18.1. The second-order valence-electron chi connectivity index (χ2n) is 6.93. The number of rotatable bonds is 7.